The Labute approximate surface area is 113 Å². The van der Waals surface area contributed by atoms with Gasteiger partial charge in [0.25, 0.3) is 0 Å². The van der Waals surface area contributed by atoms with Gasteiger partial charge in [-0.1, -0.05) is 24.3 Å². The topological polar surface area (TPSA) is 53.0 Å². The predicted octanol–water partition coefficient (Wildman–Crippen LogP) is 2.64. The van der Waals surface area contributed by atoms with Crippen LogP contribution in [0.2, 0.25) is 0 Å². The minimum absolute atomic E-state index is 0.253. The zero-order valence-electron chi connectivity index (χ0n) is 10.8. The van der Waals surface area contributed by atoms with Crippen LogP contribution in [0.3, 0.4) is 0 Å². The Morgan fingerprint density at radius 2 is 1.95 bits per heavy atom. The summed E-state index contributed by atoms with van der Waals surface area (Å²) in [6.45, 7) is 1.94. The van der Waals surface area contributed by atoms with Crippen LogP contribution in [-0.2, 0) is 0 Å². The summed E-state index contributed by atoms with van der Waals surface area (Å²) < 4.78 is 0. The standard InChI is InChI=1S/C16H17N3/c17-10-12-7-8-16(15-6-2-1-5-14(12)15)19-9-3-4-13(18)11-19/h1-2,5-8,13H,3-4,9,11,18H2. The third-order valence-corrected chi connectivity index (χ3v) is 3.82. The lowest BCUT2D eigenvalue weighted by Gasteiger charge is -2.33. The SMILES string of the molecule is N#Cc1ccc(N2CCCC(N)C2)c2ccccc12. The Kier molecular flexibility index (Phi) is 3.10. The van der Waals surface area contributed by atoms with Crippen LogP contribution in [0.4, 0.5) is 5.69 Å². The summed E-state index contributed by atoms with van der Waals surface area (Å²) in [6, 6.07) is 14.6. The Balaban J connectivity index is 2.12. The van der Waals surface area contributed by atoms with E-state index in [2.05, 4.69) is 23.1 Å². The van der Waals surface area contributed by atoms with E-state index < -0.39 is 0 Å². The van der Waals surface area contributed by atoms with Gasteiger partial charge in [-0.15, -0.1) is 0 Å². The fourth-order valence-corrected chi connectivity index (χ4v) is 2.89. The molecule has 0 saturated carbocycles. The molecule has 0 aliphatic carbocycles. The van der Waals surface area contributed by atoms with Crippen LogP contribution in [0, 0.1) is 11.3 Å². The number of rotatable bonds is 1. The normalized spacial score (nSPS) is 19.4. The van der Waals surface area contributed by atoms with Crippen LogP contribution >= 0.6 is 0 Å². The molecule has 0 radical (unpaired) electrons. The largest absolute Gasteiger partial charge is 0.369 e. The van der Waals surface area contributed by atoms with E-state index in [1.165, 1.54) is 5.69 Å². The molecule has 0 bridgehead atoms. The minimum atomic E-state index is 0.253. The predicted molar refractivity (Wildman–Crippen MR) is 78.1 cm³/mol. The number of hydrogen-bond acceptors (Lipinski definition) is 3. The quantitative estimate of drug-likeness (QED) is 0.847. The first kappa shape index (κ1) is 12.0. The molecule has 3 rings (SSSR count). The van der Waals surface area contributed by atoms with Gasteiger partial charge in [0.05, 0.1) is 11.6 Å². The molecule has 0 amide bonds. The first-order valence-corrected chi connectivity index (χ1v) is 6.72. The molecule has 1 unspecified atom stereocenters. The maximum Gasteiger partial charge on any atom is 0.0998 e. The first-order chi connectivity index (χ1) is 9.29. The van der Waals surface area contributed by atoms with E-state index >= 15 is 0 Å². The molecule has 0 spiro atoms. The molecule has 1 aliphatic rings. The van der Waals surface area contributed by atoms with Crippen LogP contribution in [0.15, 0.2) is 36.4 Å². The van der Waals surface area contributed by atoms with Crippen molar-refractivity contribution in [3.8, 4) is 6.07 Å². The number of nitrogens with two attached hydrogens (primary N) is 1. The van der Waals surface area contributed by atoms with Crippen molar-refractivity contribution in [3.63, 3.8) is 0 Å². The molecule has 3 heteroatoms. The van der Waals surface area contributed by atoms with Crippen LogP contribution < -0.4 is 10.6 Å². The van der Waals surface area contributed by atoms with Gasteiger partial charge in [-0.2, -0.15) is 5.26 Å². The highest BCUT2D eigenvalue weighted by Gasteiger charge is 2.19. The van der Waals surface area contributed by atoms with Gasteiger partial charge >= 0.3 is 0 Å². The monoisotopic (exact) mass is 251 g/mol. The Morgan fingerprint density at radius 1 is 1.16 bits per heavy atom. The molecular formula is C16H17N3. The van der Waals surface area contributed by atoms with Crippen molar-refractivity contribution < 1.29 is 0 Å². The zero-order valence-corrected chi connectivity index (χ0v) is 10.8. The maximum absolute atomic E-state index is 9.20. The summed E-state index contributed by atoms with van der Waals surface area (Å²) in [5, 5.41) is 11.4. The van der Waals surface area contributed by atoms with Crippen molar-refractivity contribution >= 4 is 16.5 Å². The summed E-state index contributed by atoms with van der Waals surface area (Å²) in [5.74, 6) is 0. The summed E-state index contributed by atoms with van der Waals surface area (Å²) in [6.07, 6.45) is 2.24. The summed E-state index contributed by atoms with van der Waals surface area (Å²) in [4.78, 5) is 2.34. The molecule has 19 heavy (non-hydrogen) atoms. The molecule has 3 nitrogen and oxygen atoms in total. The van der Waals surface area contributed by atoms with Gasteiger partial charge in [-0.25, -0.2) is 0 Å². The van der Waals surface area contributed by atoms with Gasteiger partial charge in [0.1, 0.15) is 0 Å². The van der Waals surface area contributed by atoms with Gasteiger partial charge in [-0.3, -0.25) is 0 Å². The van der Waals surface area contributed by atoms with Crippen LogP contribution in [0.25, 0.3) is 10.8 Å². The van der Waals surface area contributed by atoms with Gasteiger partial charge in [0, 0.05) is 35.6 Å². The molecule has 2 aromatic rings. The van der Waals surface area contributed by atoms with Crippen LogP contribution in [-0.4, -0.2) is 19.1 Å². The maximum atomic E-state index is 9.20. The second kappa shape index (κ2) is 4.91. The van der Waals surface area contributed by atoms with E-state index in [0.717, 1.165) is 42.3 Å². The highest BCUT2D eigenvalue weighted by molar-refractivity contribution is 5.97. The molecular weight excluding hydrogens is 234 g/mol. The summed E-state index contributed by atoms with van der Waals surface area (Å²) in [5.41, 5.74) is 8.00. The van der Waals surface area contributed by atoms with E-state index in [1.807, 2.05) is 24.3 Å². The smallest absolute Gasteiger partial charge is 0.0998 e. The number of nitrogens with zero attached hydrogens (tertiary/aromatic N) is 2. The van der Waals surface area contributed by atoms with Crippen molar-refractivity contribution in [1.82, 2.24) is 0 Å². The highest BCUT2D eigenvalue weighted by Crippen LogP contribution is 2.30. The molecule has 1 aliphatic heterocycles. The van der Waals surface area contributed by atoms with Crippen molar-refractivity contribution in [3.05, 3.63) is 42.0 Å². The average molecular weight is 251 g/mol. The molecule has 96 valence electrons. The van der Waals surface area contributed by atoms with Crippen molar-refractivity contribution in [2.75, 3.05) is 18.0 Å². The number of anilines is 1. The molecule has 2 N–H and O–H groups in total. The van der Waals surface area contributed by atoms with Crippen molar-refractivity contribution in [2.45, 2.75) is 18.9 Å². The number of nitriles is 1. The fourth-order valence-electron chi connectivity index (χ4n) is 2.89. The van der Waals surface area contributed by atoms with Gasteiger partial charge in [0.2, 0.25) is 0 Å². The third kappa shape index (κ3) is 2.16. The Hall–Kier alpha value is -2.05. The Bertz CT molecular complexity index is 642. The molecule has 1 heterocycles. The van der Waals surface area contributed by atoms with Gasteiger partial charge in [-0.05, 0) is 25.0 Å². The van der Waals surface area contributed by atoms with E-state index in [-0.39, 0.29) is 6.04 Å². The summed E-state index contributed by atoms with van der Waals surface area (Å²) >= 11 is 0. The van der Waals surface area contributed by atoms with E-state index in [9.17, 15) is 5.26 Å². The van der Waals surface area contributed by atoms with Crippen molar-refractivity contribution in [2.24, 2.45) is 5.73 Å². The second-order valence-electron chi connectivity index (χ2n) is 5.14. The number of piperidine rings is 1. The van der Waals surface area contributed by atoms with Crippen LogP contribution in [0.5, 0.6) is 0 Å². The average Bonchev–Trinajstić information content (AvgIpc) is 2.46. The lowest BCUT2D eigenvalue weighted by atomic mass is 10.0. The third-order valence-electron chi connectivity index (χ3n) is 3.82. The first-order valence-electron chi connectivity index (χ1n) is 6.72. The van der Waals surface area contributed by atoms with Gasteiger partial charge < -0.3 is 10.6 Å². The minimum Gasteiger partial charge on any atom is -0.369 e. The molecule has 2 aromatic carbocycles. The van der Waals surface area contributed by atoms with E-state index in [1.54, 1.807) is 0 Å². The van der Waals surface area contributed by atoms with Gasteiger partial charge in [0.15, 0.2) is 0 Å². The number of fused-ring (bicyclic) bond motifs is 1. The molecule has 1 saturated heterocycles. The van der Waals surface area contributed by atoms with E-state index in [0.29, 0.717) is 0 Å². The van der Waals surface area contributed by atoms with Crippen molar-refractivity contribution in [1.29, 1.82) is 5.26 Å². The molecule has 1 fully saturated rings. The fraction of sp³-hybridized carbons (Fsp3) is 0.312. The number of hydrogen-bond donors (Lipinski definition) is 1. The number of benzene rings is 2. The highest BCUT2D eigenvalue weighted by atomic mass is 15.1. The molecule has 1 atom stereocenters. The van der Waals surface area contributed by atoms with Crippen LogP contribution in [0.1, 0.15) is 18.4 Å². The Morgan fingerprint density at radius 3 is 2.68 bits per heavy atom. The zero-order chi connectivity index (χ0) is 13.2. The summed E-state index contributed by atoms with van der Waals surface area (Å²) in [7, 11) is 0. The second-order valence-corrected chi connectivity index (χ2v) is 5.14. The lowest BCUT2D eigenvalue weighted by Crippen LogP contribution is -2.42. The molecule has 0 aromatic heterocycles. The lowest BCUT2D eigenvalue weighted by molar-refractivity contribution is 0.507. The van der Waals surface area contributed by atoms with E-state index in [4.69, 9.17) is 5.73 Å².